The summed E-state index contributed by atoms with van der Waals surface area (Å²) in [7, 11) is 0. The molecule has 46 heavy (non-hydrogen) atoms. The Labute approximate surface area is 263 Å². The number of fused-ring (bicyclic) bond motifs is 1. The third-order valence-electron chi connectivity index (χ3n) is 7.99. The fourth-order valence-electron chi connectivity index (χ4n) is 5.42. The topological polar surface area (TPSA) is 101 Å². The number of likely N-dealkylation sites (tertiary alicyclic amines) is 1. The van der Waals surface area contributed by atoms with Crippen molar-refractivity contribution in [2.24, 2.45) is 0 Å². The lowest BCUT2D eigenvalue weighted by Gasteiger charge is -2.32. The van der Waals surface area contributed by atoms with Gasteiger partial charge in [0.05, 0.1) is 5.56 Å². The molecule has 2 aliphatic rings. The van der Waals surface area contributed by atoms with Crippen molar-refractivity contribution in [1.82, 2.24) is 14.5 Å². The van der Waals surface area contributed by atoms with E-state index in [1.54, 1.807) is 4.57 Å². The first kappa shape index (κ1) is 31.2. The van der Waals surface area contributed by atoms with Crippen LogP contribution in [0.4, 0.5) is 19.0 Å². The molecule has 0 amide bonds. The normalized spacial score (nSPS) is 17.2. The van der Waals surface area contributed by atoms with E-state index in [9.17, 15) is 23.3 Å². The molecule has 0 spiro atoms. The Balaban J connectivity index is 0.890. The molecule has 3 aromatic carbocycles. The zero-order valence-corrected chi connectivity index (χ0v) is 24.9. The number of piperidine rings is 1. The summed E-state index contributed by atoms with van der Waals surface area (Å²) in [6, 6.07) is 20.5. The quantitative estimate of drug-likeness (QED) is 0.133. The summed E-state index contributed by atoms with van der Waals surface area (Å²) < 4.78 is 63.5. The number of alkyl halides is 3. The Morgan fingerprint density at radius 2 is 1.48 bits per heavy atom. The highest BCUT2D eigenvalue weighted by Gasteiger charge is 2.30. The summed E-state index contributed by atoms with van der Waals surface area (Å²) in [6.45, 7) is 3.69. The standard InChI is InChI=1S/C33H33F3N4O6/c34-33(35,36)25-5-1-24(2-6-25)21-43-26-7-3-23(4-8-26)19-38-16-13-29(14-17-38)45-28-11-9-27(10-12-28)44-22-30-15-18-39-20-31(40(41)42)37-32(39)46-30/h1-12,20,29-30H,13-19,21-22H2/t30-/m1/s1. The zero-order chi connectivity index (χ0) is 32.1. The van der Waals surface area contributed by atoms with Crippen LogP contribution < -0.4 is 18.9 Å². The van der Waals surface area contributed by atoms with Gasteiger partial charge in [-0.05, 0) is 77.4 Å². The van der Waals surface area contributed by atoms with Gasteiger partial charge in [-0.2, -0.15) is 13.2 Å². The average molecular weight is 639 g/mol. The Bertz CT molecular complexity index is 1600. The van der Waals surface area contributed by atoms with Gasteiger partial charge in [-0.1, -0.05) is 24.3 Å². The highest BCUT2D eigenvalue weighted by Crippen LogP contribution is 2.30. The van der Waals surface area contributed by atoms with Crippen molar-refractivity contribution >= 4 is 5.82 Å². The summed E-state index contributed by atoms with van der Waals surface area (Å²) in [6.07, 6.45) is -0.631. The SMILES string of the molecule is O=[N+]([O-])c1cn2c(n1)O[C@@H](COc1ccc(OC3CCN(Cc4ccc(OCc5ccc(C(F)(F)F)cc5)cc4)CC3)cc1)CC2. The predicted octanol–water partition coefficient (Wildman–Crippen LogP) is 6.66. The van der Waals surface area contributed by atoms with Crippen molar-refractivity contribution in [2.45, 2.75) is 57.3 Å². The van der Waals surface area contributed by atoms with E-state index in [-0.39, 0.29) is 30.6 Å². The second-order valence-corrected chi connectivity index (χ2v) is 11.4. The minimum absolute atomic E-state index is 0.118. The van der Waals surface area contributed by atoms with Gasteiger partial charge in [-0.25, -0.2) is 0 Å². The van der Waals surface area contributed by atoms with Crippen LogP contribution in [0.3, 0.4) is 0 Å². The highest BCUT2D eigenvalue weighted by atomic mass is 19.4. The largest absolute Gasteiger partial charge is 0.490 e. The minimum Gasteiger partial charge on any atom is -0.490 e. The van der Waals surface area contributed by atoms with Crippen molar-refractivity contribution in [1.29, 1.82) is 0 Å². The Morgan fingerprint density at radius 1 is 0.848 bits per heavy atom. The molecule has 3 heterocycles. The average Bonchev–Trinajstić information content (AvgIpc) is 3.49. The second-order valence-electron chi connectivity index (χ2n) is 11.4. The van der Waals surface area contributed by atoms with Crippen molar-refractivity contribution in [2.75, 3.05) is 19.7 Å². The number of aryl methyl sites for hydroxylation is 1. The smallest absolute Gasteiger partial charge is 0.416 e. The van der Waals surface area contributed by atoms with Gasteiger partial charge >= 0.3 is 18.0 Å². The Hall–Kier alpha value is -4.78. The van der Waals surface area contributed by atoms with Gasteiger partial charge in [0, 0.05) is 37.6 Å². The monoisotopic (exact) mass is 638 g/mol. The number of aromatic nitrogens is 2. The molecule has 2 aliphatic heterocycles. The molecule has 0 bridgehead atoms. The summed E-state index contributed by atoms with van der Waals surface area (Å²) in [5, 5.41) is 10.9. The van der Waals surface area contributed by atoms with Crippen LogP contribution in [0.1, 0.15) is 36.0 Å². The van der Waals surface area contributed by atoms with Gasteiger partial charge in [0.15, 0.2) is 0 Å². The molecule has 6 rings (SSSR count). The van der Waals surface area contributed by atoms with Crippen LogP contribution in [-0.4, -0.2) is 51.3 Å². The van der Waals surface area contributed by atoms with Gasteiger partial charge < -0.3 is 29.1 Å². The number of nitro groups is 1. The van der Waals surface area contributed by atoms with Gasteiger partial charge in [-0.3, -0.25) is 9.47 Å². The van der Waals surface area contributed by atoms with E-state index in [0.29, 0.717) is 36.6 Å². The molecular weight excluding hydrogens is 605 g/mol. The van der Waals surface area contributed by atoms with Crippen molar-refractivity contribution < 1.29 is 37.0 Å². The maximum atomic E-state index is 12.7. The lowest BCUT2D eigenvalue weighted by Crippen LogP contribution is -2.37. The van der Waals surface area contributed by atoms with E-state index in [4.69, 9.17) is 18.9 Å². The van der Waals surface area contributed by atoms with Crippen LogP contribution in [0, 0.1) is 10.1 Å². The highest BCUT2D eigenvalue weighted by molar-refractivity contribution is 5.32. The molecule has 0 radical (unpaired) electrons. The van der Waals surface area contributed by atoms with Crippen molar-refractivity contribution in [3.05, 3.63) is 106 Å². The number of hydrogen-bond donors (Lipinski definition) is 0. The molecule has 242 valence electrons. The van der Waals surface area contributed by atoms with Crippen LogP contribution in [0.2, 0.25) is 0 Å². The fraction of sp³-hybridized carbons (Fsp3) is 0.364. The Morgan fingerprint density at radius 3 is 2.15 bits per heavy atom. The summed E-state index contributed by atoms with van der Waals surface area (Å²) in [5.74, 6) is 1.90. The molecule has 10 nitrogen and oxygen atoms in total. The lowest BCUT2D eigenvalue weighted by atomic mass is 10.1. The molecule has 0 aliphatic carbocycles. The zero-order valence-electron chi connectivity index (χ0n) is 24.9. The second kappa shape index (κ2) is 13.7. The maximum Gasteiger partial charge on any atom is 0.416 e. The molecule has 1 aromatic heterocycles. The molecule has 4 aromatic rings. The number of rotatable bonds is 11. The number of imidazole rings is 1. The fourth-order valence-corrected chi connectivity index (χ4v) is 5.42. The molecule has 0 saturated carbocycles. The third kappa shape index (κ3) is 8.08. The van der Waals surface area contributed by atoms with Crippen LogP contribution >= 0.6 is 0 Å². The third-order valence-corrected chi connectivity index (χ3v) is 7.99. The number of benzene rings is 3. The Kier molecular flexibility index (Phi) is 9.29. The van der Waals surface area contributed by atoms with Gasteiger partial charge in [0.1, 0.15) is 48.9 Å². The first-order valence-corrected chi connectivity index (χ1v) is 15.1. The van der Waals surface area contributed by atoms with Crippen molar-refractivity contribution in [3.8, 4) is 23.3 Å². The summed E-state index contributed by atoms with van der Waals surface area (Å²) in [5.41, 5.74) is 1.15. The predicted molar refractivity (Wildman–Crippen MR) is 161 cm³/mol. The molecule has 0 N–H and O–H groups in total. The van der Waals surface area contributed by atoms with E-state index in [0.717, 1.165) is 55.9 Å². The van der Waals surface area contributed by atoms with E-state index in [1.165, 1.54) is 18.3 Å². The summed E-state index contributed by atoms with van der Waals surface area (Å²) >= 11 is 0. The summed E-state index contributed by atoms with van der Waals surface area (Å²) in [4.78, 5) is 16.7. The van der Waals surface area contributed by atoms with Gasteiger partial charge in [-0.15, -0.1) is 0 Å². The lowest BCUT2D eigenvalue weighted by molar-refractivity contribution is -0.389. The molecule has 1 saturated heterocycles. The number of ether oxygens (including phenoxy) is 4. The molecule has 1 fully saturated rings. The number of nitrogens with zero attached hydrogens (tertiary/aromatic N) is 4. The molecule has 13 heteroatoms. The van der Waals surface area contributed by atoms with Gasteiger partial charge in [0.2, 0.25) is 0 Å². The van der Waals surface area contributed by atoms with Crippen LogP contribution in [0.15, 0.2) is 79.0 Å². The maximum absolute atomic E-state index is 12.7. The van der Waals surface area contributed by atoms with Crippen LogP contribution in [0.5, 0.6) is 23.3 Å². The van der Waals surface area contributed by atoms with Crippen LogP contribution in [-0.2, 0) is 25.9 Å². The number of halogens is 3. The molecule has 0 unspecified atom stereocenters. The molecular formula is C33H33F3N4O6. The minimum atomic E-state index is -4.35. The first-order valence-electron chi connectivity index (χ1n) is 15.1. The van der Waals surface area contributed by atoms with E-state index >= 15 is 0 Å². The number of hydrogen-bond acceptors (Lipinski definition) is 8. The van der Waals surface area contributed by atoms with E-state index in [1.807, 2.05) is 48.5 Å². The van der Waals surface area contributed by atoms with Crippen LogP contribution in [0.25, 0.3) is 0 Å². The van der Waals surface area contributed by atoms with Gasteiger partial charge in [0.25, 0.3) is 0 Å². The first-order chi connectivity index (χ1) is 22.2. The van der Waals surface area contributed by atoms with E-state index < -0.39 is 16.7 Å². The molecule has 1 atom stereocenters. The van der Waals surface area contributed by atoms with Crippen molar-refractivity contribution in [3.63, 3.8) is 0 Å². The van der Waals surface area contributed by atoms with E-state index in [2.05, 4.69) is 9.88 Å².